The first kappa shape index (κ1) is 24.6. The number of nitrogens with zero attached hydrogens (tertiary/aromatic N) is 1. The van der Waals surface area contributed by atoms with Crippen molar-refractivity contribution < 1.29 is 27.4 Å². The summed E-state index contributed by atoms with van der Waals surface area (Å²) in [6.45, 7) is 1.63. The Labute approximate surface area is 205 Å². The van der Waals surface area contributed by atoms with Gasteiger partial charge < -0.3 is 19.5 Å². The van der Waals surface area contributed by atoms with Gasteiger partial charge in [-0.25, -0.2) is 8.42 Å². The molecule has 0 fully saturated rings. The number of hydrogen-bond donors (Lipinski definition) is 1. The normalized spacial score (nSPS) is 15.7. The highest BCUT2D eigenvalue weighted by molar-refractivity contribution is 7.89. The maximum atomic E-state index is 14.0. The van der Waals surface area contributed by atoms with Crippen LogP contribution in [0.5, 0.6) is 17.2 Å². The maximum absolute atomic E-state index is 14.0. The molecule has 1 unspecified atom stereocenters. The highest BCUT2D eigenvalue weighted by Gasteiger charge is 2.38. The van der Waals surface area contributed by atoms with Gasteiger partial charge >= 0.3 is 0 Å². The van der Waals surface area contributed by atoms with E-state index in [2.05, 4.69) is 5.32 Å². The number of nitrogens with one attached hydrogen (secondary N) is 1. The zero-order valence-electron chi connectivity index (χ0n) is 20.1. The molecule has 1 amide bonds. The molecule has 8 nitrogen and oxygen atoms in total. The van der Waals surface area contributed by atoms with Crippen molar-refractivity contribution in [2.45, 2.75) is 24.3 Å². The fraction of sp³-hybridized carbons (Fsp3) is 0.269. The lowest BCUT2D eigenvalue weighted by Gasteiger charge is -2.37. The van der Waals surface area contributed by atoms with Crippen LogP contribution in [0.15, 0.2) is 65.6 Å². The molecule has 0 saturated carbocycles. The Bertz CT molecular complexity index is 1340. The molecule has 3 aromatic rings. The van der Waals surface area contributed by atoms with E-state index in [9.17, 15) is 13.2 Å². The van der Waals surface area contributed by atoms with Crippen molar-refractivity contribution in [1.29, 1.82) is 0 Å². The van der Waals surface area contributed by atoms with Crippen molar-refractivity contribution >= 4 is 21.6 Å². The van der Waals surface area contributed by atoms with Gasteiger partial charge in [0.05, 0.1) is 38.0 Å². The Morgan fingerprint density at radius 3 is 2.20 bits per heavy atom. The number of anilines is 1. The van der Waals surface area contributed by atoms with E-state index in [1.165, 1.54) is 30.5 Å². The molecule has 1 aliphatic rings. The van der Waals surface area contributed by atoms with Crippen molar-refractivity contribution in [3.63, 3.8) is 0 Å². The first-order valence-corrected chi connectivity index (χ1v) is 12.5. The molecule has 1 atom stereocenters. The van der Waals surface area contributed by atoms with E-state index in [1.54, 1.807) is 20.3 Å². The zero-order chi connectivity index (χ0) is 25.2. The summed E-state index contributed by atoms with van der Waals surface area (Å²) >= 11 is 0. The maximum Gasteiger partial charge on any atom is 0.244 e. The number of fused-ring (bicyclic) bond motifs is 1. The second kappa shape index (κ2) is 9.97. The number of benzene rings is 3. The Hall–Kier alpha value is -3.56. The van der Waals surface area contributed by atoms with E-state index in [-0.39, 0.29) is 17.3 Å². The fourth-order valence-corrected chi connectivity index (χ4v) is 6.06. The van der Waals surface area contributed by atoms with E-state index in [0.29, 0.717) is 29.4 Å². The predicted octanol–water partition coefficient (Wildman–Crippen LogP) is 4.01. The minimum absolute atomic E-state index is 0.0620. The van der Waals surface area contributed by atoms with E-state index in [4.69, 9.17) is 14.2 Å². The predicted molar refractivity (Wildman–Crippen MR) is 133 cm³/mol. The lowest BCUT2D eigenvalue weighted by atomic mass is 9.89. The molecule has 0 saturated heterocycles. The van der Waals surface area contributed by atoms with Crippen LogP contribution in [0.2, 0.25) is 0 Å². The third-order valence-corrected chi connectivity index (χ3v) is 7.89. The van der Waals surface area contributed by atoms with Crippen molar-refractivity contribution in [2.24, 2.45) is 0 Å². The topological polar surface area (TPSA) is 94.2 Å². The molecule has 0 spiro atoms. The minimum atomic E-state index is -3.97. The molecule has 0 bridgehead atoms. The van der Waals surface area contributed by atoms with Crippen LogP contribution in [-0.2, 0) is 21.2 Å². The lowest BCUT2D eigenvalue weighted by Crippen LogP contribution is -2.40. The molecule has 1 heterocycles. The van der Waals surface area contributed by atoms with E-state index in [0.717, 1.165) is 16.7 Å². The number of hydrogen-bond acceptors (Lipinski definition) is 6. The van der Waals surface area contributed by atoms with Crippen LogP contribution in [0.3, 0.4) is 0 Å². The third kappa shape index (κ3) is 4.69. The summed E-state index contributed by atoms with van der Waals surface area (Å²) in [5, 5.41) is 2.65. The van der Waals surface area contributed by atoms with Gasteiger partial charge in [-0.1, -0.05) is 30.3 Å². The summed E-state index contributed by atoms with van der Waals surface area (Å²) in [6, 6.07) is 17.1. The largest absolute Gasteiger partial charge is 0.495 e. The Kier molecular flexibility index (Phi) is 7.00. The summed E-state index contributed by atoms with van der Waals surface area (Å²) in [5.41, 5.74) is 2.96. The zero-order valence-corrected chi connectivity index (χ0v) is 20.9. The van der Waals surface area contributed by atoms with Crippen molar-refractivity contribution in [3.8, 4) is 17.2 Å². The Morgan fingerprint density at radius 2 is 1.57 bits per heavy atom. The van der Waals surface area contributed by atoms with Crippen LogP contribution in [0.1, 0.15) is 29.7 Å². The fourth-order valence-electron chi connectivity index (χ4n) is 4.43. The molecule has 9 heteroatoms. The number of carbonyl (C=O) groups is 1. The average Bonchev–Trinajstić information content (AvgIpc) is 2.87. The molecule has 4 rings (SSSR count). The van der Waals surface area contributed by atoms with Crippen LogP contribution in [0, 0.1) is 0 Å². The molecule has 184 valence electrons. The lowest BCUT2D eigenvalue weighted by molar-refractivity contribution is -0.114. The Morgan fingerprint density at radius 1 is 0.914 bits per heavy atom. The molecule has 1 N–H and O–H groups in total. The standard InChI is InChI=1S/C26H28N2O6S/c1-17(29)27-22-15-20(10-11-23(22)32-2)35(30,31)28-13-12-19-14-24(33-3)25(34-4)16-21(19)26(28)18-8-6-5-7-9-18/h5-11,14-16,26H,12-13H2,1-4H3,(H,27,29). The van der Waals surface area contributed by atoms with Gasteiger partial charge in [0.15, 0.2) is 11.5 Å². The van der Waals surface area contributed by atoms with Crippen LogP contribution >= 0.6 is 0 Å². The van der Waals surface area contributed by atoms with Gasteiger partial charge in [-0.3, -0.25) is 4.79 Å². The number of sulfonamides is 1. The van der Waals surface area contributed by atoms with Gasteiger partial charge in [0.2, 0.25) is 15.9 Å². The highest BCUT2D eigenvalue weighted by atomic mass is 32.2. The number of rotatable bonds is 7. The molecule has 3 aromatic carbocycles. The molecule has 0 aromatic heterocycles. The van der Waals surface area contributed by atoms with Crippen LogP contribution in [0.4, 0.5) is 5.69 Å². The van der Waals surface area contributed by atoms with E-state index >= 15 is 0 Å². The molecular weight excluding hydrogens is 468 g/mol. The van der Waals surface area contributed by atoms with Crippen molar-refractivity contribution in [3.05, 3.63) is 77.4 Å². The number of methoxy groups -OCH3 is 3. The number of amides is 1. The first-order valence-electron chi connectivity index (χ1n) is 11.1. The molecule has 35 heavy (non-hydrogen) atoms. The van der Waals surface area contributed by atoms with Gasteiger partial charge in [0.1, 0.15) is 5.75 Å². The smallest absolute Gasteiger partial charge is 0.244 e. The molecular formula is C26H28N2O6S. The van der Waals surface area contributed by atoms with Gasteiger partial charge in [0.25, 0.3) is 0 Å². The first-order chi connectivity index (χ1) is 16.8. The monoisotopic (exact) mass is 496 g/mol. The van der Waals surface area contributed by atoms with Crippen molar-refractivity contribution in [2.75, 3.05) is 33.2 Å². The van der Waals surface area contributed by atoms with E-state index < -0.39 is 16.1 Å². The summed E-state index contributed by atoms with van der Waals surface area (Å²) in [5.74, 6) is 1.18. The van der Waals surface area contributed by atoms with Crippen LogP contribution in [0.25, 0.3) is 0 Å². The summed E-state index contributed by atoms with van der Waals surface area (Å²) in [7, 11) is 0.629. The van der Waals surface area contributed by atoms with Gasteiger partial charge in [-0.05, 0) is 53.4 Å². The van der Waals surface area contributed by atoms with Crippen LogP contribution in [-0.4, -0.2) is 46.5 Å². The SMILES string of the molecule is COc1ccc(S(=O)(=O)N2CCc3cc(OC)c(OC)cc3C2c2ccccc2)cc1NC(C)=O. The summed E-state index contributed by atoms with van der Waals surface area (Å²) in [4.78, 5) is 11.7. The van der Waals surface area contributed by atoms with Gasteiger partial charge in [-0.15, -0.1) is 0 Å². The second-order valence-corrected chi connectivity index (χ2v) is 10.0. The highest BCUT2D eigenvalue weighted by Crippen LogP contribution is 2.43. The molecule has 0 aliphatic carbocycles. The van der Waals surface area contributed by atoms with Gasteiger partial charge in [0, 0.05) is 13.5 Å². The Balaban J connectivity index is 1.87. The third-order valence-electron chi connectivity index (χ3n) is 6.03. The summed E-state index contributed by atoms with van der Waals surface area (Å²) in [6.07, 6.45) is 0.507. The number of ether oxygens (including phenoxy) is 3. The quantitative estimate of drug-likeness (QED) is 0.531. The second-order valence-electron chi connectivity index (χ2n) is 8.13. The van der Waals surface area contributed by atoms with Crippen LogP contribution < -0.4 is 19.5 Å². The summed E-state index contributed by atoms with van der Waals surface area (Å²) < 4.78 is 45.8. The molecule has 0 radical (unpaired) electrons. The average molecular weight is 497 g/mol. The van der Waals surface area contributed by atoms with Gasteiger partial charge in [-0.2, -0.15) is 4.31 Å². The van der Waals surface area contributed by atoms with Crippen molar-refractivity contribution in [1.82, 2.24) is 4.31 Å². The number of carbonyl (C=O) groups excluding carboxylic acids is 1. The van der Waals surface area contributed by atoms with E-state index in [1.807, 2.05) is 42.5 Å². The minimum Gasteiger partial charge on any atom is -0.495 e. The molecule has 1 aliphatic heterocycles.